The minimum absolute atomic E-state index is 0.0646. The molecule has 0 unspecified atom stereocenters. The van der Waals surface area contributed by atoms with Crippen LogP contribution >= 0.6 is 0 Å². The van der Waals surface area contributed by atoms with Crippen LogP contribution < -0.4 is 0 Å². The van der Waals surface area contributed by atoms with E-state index in [1.807, 2.05) is 69.8 Å². The van der Waals surface area contributed by atoms with Crippen LogP contribution in [0.5, 0.6) is 0 Å². The molecular weight excluding hydrogens is 811 g/mol. The van der Waals surface area contributed by atoms with E-state index in [-0.39, 0.29) is 22.1 Å². The fraction of sp³-hybridized carbons (Fsp3) is 0.182. The number of benzene rings is 4. The van der Waals surface area contributed by atoms with Crippen molar-refractivity contribution in [1.82, 2.24) is 29.1 Å². The molecule has 10 rings (SSSR count). The Labute approximate surface area is 343 Å². The Morgan fingerprint density at radius 1 is 0.567 bits per heavy atom. The molecule has 2 aliphatic rings. The van der Waals surface area contributed by atoms with Gasteiger partial charge in [0, 0.05) is 72.1 Å². The molecule has 2 N–H and O–H groups in total. The quantitative estimate of drug-likeness (QED) is 0.173. The van der Waals surface area contributed by atoms with E-state index in [0.29, 0.717) is 68.8 Å². The van der Waals surface area contributed by atoms with Crippen molar-refractivity contribution < 1.29 is 35.8 Å². The molecule has 2 aliphatic heterocycles. The van der Waals surface area contributed by atoms with Crippen molar-refractivity contribution in [2.75, 3.05) is 12.5 Å². The summed E-state index contributed by atoms with van der Waals surface area (Å²) in [6.45, 7) is 0. The number of aromatic nitrogens is 6. The van der Waals surface area contributed by atoms with Gasteiger partial charge < -0.3 is 19.3 Å². The van der Waals surface area contributed by atoms with Crippen molar-refractivity contribution >= 4 is 41.7 Å². The SMILES string of the molecule is CS(=O)(=O)c1ccc(-c2cc3c(cc2F)nc2n3[C@@H](c3ccccc3)C[C@H]2O)cn1.CS(=O)(=O)c1ccc(-c2cc3c(cc2F)nc2n3[C@H](c3ccccc3)C[C@@H]2O)cn1. The summed E-state index contributed by atoms with van der Waals surface area (Å²) in [6.07, 6.45) is 4.39. The van der Waals surface area contributed by atoms with E-state index in [1.54, 1.807) is 24.3 Å². The Morgan fingerprint density at radius 2 is 0.950 bits per heavy atom. The highest BCUT2D eigenvalue weighted by atomic mass is 32.2. The number of aliphatic hydroxyl groups excluding tert-OH is 2. The van der Waals surface area contributed by atoms with Crippen LogP contribution in [-0.4, -0.2) is 68.6 Å². The summed E-state index contributed by atoms with van der Waals surface area (Å²) in [5.74, 6) is 0.0553. The average molecular weight is 847 g/mol. The summed E-state index contributed by atoms with van der Waals surface area (Å²) in [5, 5.41) is 20.9. The van der Waals surface area contributed by atoms with Crippen LogP contribution in [0.2, 0.25) is 0 Å². The molecule has 0 saturated carbocycles. The second-order valence-electron chi connectivity index (χ2n) is 15.0. The van der Waals surface area contributed by atoms with Gasteiger partial charge in [-0.05, 0) is 47.5 Å². The van der Waals surface area contributed by atoms with Crippen LogP contribution in [-0.2, 0) is 19.7 Å². The maximum Gasteiger partial charge on any atom is 0.192 e. The van der Waals surface area contributed by atoms with Crippen LogP contribution in [0.4, 0.5) is 8.78 Å². The number of hydrogen-bond donors (Lipinski definition) is 2. The minimum atomic E-state index is -3.44. The third-order valence-corrected chi connectivity index (χ3v) is 12.9. The van der Waals surface area contributed by atoms with Crippen molar-refractivity contribution in [3.05, 3.63) is 156 Å². The van der Waals surface area contributed by atoms with E-state index in [1.165, 1.54) is 36.7 Å². The zero-order valence-electron chi connectivity index (χ0n) is 32.1. The van der Waals surface area contributed by atoms with E-state index in [9.17, 15) is 35.8 Å². The second-order valence-corrected chi connectivity index (χ2v) is 18.9. The lowest BCUT2D eigenvalue weighted by molar-refractivity contribution is 0.172. The monoisotopic (exact) mass is 846 g/mol. The van der Waals surface area contributed by atoms with Gasteiger partial charge in [-0.15, -0.1) is 0 Å². The summed E-state index contributed by atoms with van der Waals surface area (Å²) >= 11 is 0. The molecule has 60 heavy (non-hydrogen) atoms. The fourth-order valence-corrected chi connectivity index (χ4v) is 9.24. The van der Waals surface area contributed by atoms with E-state index in [2.05, 4.69) is 19.9 Å². The predicted molar refractivity (Wildman–Crippen MR) is 220 cm³/mol. The van der Waals surface area contributed by atoms with Gasteiger partial charge in [-0.1, -0.05) is 60.7 Å². The topological polar surface area (TPSA) is 170 Å². The molecule has 4 aromatic carbocycles. The third-order valence-electron chi connectivity index (χ3n) is 10.9. The normalized spacial score (nSPS) is 18.6. The number of pyridine rings is 2. The molecule has 16 heteroatoms. The van der Waals surface area contributed by atoms with Crippen LogP contribution in [0.25, 0.3) is 44.3 Å². The van der Waals surface area contributed by atoms with Gasteiger partial charge in [0.2, 0.25) is 0 Å². The van der Waals surface area contributed by atoms with Gasteiger partial charge in [-0.25, -0.2) is 45.6 Å². The van der Waals surface area contributed by atoms with Gasteiger partial charge >= 0.3 is 0 Å². The Morgan fingerprint density at radius 3 is 1.28 bits per heavy atom. The summed E-state index contributed by atoms with van der Waals surface area (Å²) in [7, 11) is -6.87. The van der Waals surface area contributed by atoms with Gasteiger partial charge in [-0.2, -0.15) is 0 Å². The third kappa shape index (κ3) is 7.04. The predicted octanol–water partition coefficient (Wildman–Crippen LogP) is 7.33. The molecule has 0 amide bonds. The molecule has 12 nitrogen and oxygen atoms in total. The van der Waals surface area contributed by atoms with E-state index < -0.39 is 43.5 Å². The largest absolute Gasteiger partial charge is 0.385 e. The Balaban J connectivity index is 0.000000154. The first-order valence-electron chi connectivity index (χ1n) is 18.9. The first-order valence-corrected chi connectivity index (χ1v) is 22.7. The van der Waals surface area contributed by atoms with Gasteiger partial charge in [-0.3, -0.25) is 0 Å². The van der Waals surface area contributed by atoms with Crippen LogP contribution in [0.1, 0.15) is 59.9 Å². The molecule has 0 fully saturated rings. The van der Waals surface area contributed by atoms with E-state index in [4.69, 9.17) is 0 Å². The maximum absolute atomic E-state index is 14.9. The number of fused-ring (bicyclic) bond motifs is 6. The number of nitrogens with zero attached hydrogens (tertiary/aromatic N) is 6. The molecule has 0 aliphatic carbocycles. The first kappa shape index (κ1) is 39.3. The van der Waals surface area contributed by atoms with E-state index in [0.717, 1.165) is 23.6 Å². The zero-order chi connectivity index (χ0) is 42.1. The molecule has 4 aromatic heterocycles. The van der Waals surface area contributed by atoms with Crippen LogP contribution in [0.15, 0.2) is 132 Å². The van der Waals surface area contributed by atoms with Crippen molar-refractivity contribution in [1.29, 1.82) is 0 Å². The van der Waals surface area contributed by atoms with Crippen LogP contribution in [0, 0.1) is 11.6 Å². The highest BCUT2D eigenvalue weighted by Crippen LogP contribution is 2.44. The summed E-state index contributed by atoms with van der Waals surface area (Å²) in [5.41, 5.74) is 5.95. The first-order chi connectivity index (χ1) is 28.7. The van der Waals surface area contributed by atoms with Crippen molar-refractivity contribution in [3.63, 3.8) is 0 Å². The fourth-order valence-electron chi connectivity index (χ4n) is 8.12. The van der Waals surface area contributed by atoms with Gasteiger partial charge in [0.25, 0.3) is 0 Å². The molecule has 6 heterocycles. The van der Waals surface area contributed by atoms with Gasteiger partial charge in [0.15, 0.2) is 29.7 Å². The van der Waals surface area contributed by atoms with Crippen molar-refractivity contribution in [2.24, 2.45) is 0 Å². The van der Waals surface area contributed by atoms with E-state index >= 15 is 0 Å². The summed E-state index contributed by atoms with van der Waals surface area (Å²) in [4.78, 5) is 16.9. The second kappa shape index (κ2) is 14.8. The lowest BCUT2D eigenvalue weighted by atomic mass is 10.0. The lowest BCUT2D eigenvalue weighted by Crippen LogP contribution is -2.05. The van der Waals surface area contributed by atoms with Crippen molar-refractivity contribution in [2.45, 2.75) is 47.2 Å². The van der Waals surface area contributed by atoms with Crippen molar-refractivity contribution in [3.8, 4) is 22.3 Å². The molecule has 0 saturated heterocycles. The number of sulfone groups is 2. The molecule has 0 bridgehead atoms. The minimum Gasteiger partial charge on any atom is -0.385 e. The average Bonchev–Trinajstić information content (AvgIpc) is 3.97. The lowest BCUT2D eigenvalue weighted by Gasteiger charge is -2.15. The maximum atomic E-state index is 14.9. The molecule has 0 radical (unpaired) electrons. The number of aliphatic hydroxyl groups is 2. The standard InChI is InChI=1S/2C22H18FN3O3S/c2*1-30(28,29)21-8-7-14(12-24-21)15-9-19-17(10-16(15)23)25-22-20(27)11-18(26(19)22)13-5-3-2-4-6-13/h2*2-10,12,18,20,27H,11H2,1H3/t2*18-,20-/m10/s1. The Bertz CT molecular complexity index is 2950. The number of rotatable bonds is 6. The Hall–Kier alpha value is -6.20. The highest BCUT2D eigenvalue weighted by molar-refractivity contribution is 7.90. The molecule has 304 valence electrons. The smallest absolute Gasteiger partial charge is 0.192 e. The Kier molecular flexibility index (Phi) is 9.69. The zero-order valence-corrected chi connectivity index (χ0v) is 33.7. The molecule has 0 spiro atoms. The molecule has 4 atom stereocenters. The number of halogens is 2. The summed E-state index contributed by atoms with van der Waals surface area (Å²) in [6, 6.07) is 31.3. The summed E-state index contributed by atoms with van der Waals surface area (Å²) < 4.78 is 80.2. The number of hydrogen-bond acceptors (Lipinski definition) is 10. The number of imidazole rings is 2. The van der Waals surface area contributed by atoms with Gasteiger partial charge in [0.1, 0.15) is 35.5 Å². The van der Waals surface area contributed by atoms with Crippen LogP contribution in [0.3, 0.4) is 0 Å². The highest BCUT2D eigenvalue weighted by Gasteiger charge is 2.35. The molecular formula is C44H36F2N6O6S2. The van der Waals surface area contributed by atoms with Gasteiger partial charge in [0.05, 0.1) is 34.2 Å². The molecule has 8 aromatic rings.